The van der Waals surface area contributed by atoms with Crippen molar-refractivity contribution in [3.05, 3.63) is 101 Å². The van der Waals surface area contributed by atoms with Crippen LogP contribution in [0.3, 0.4) is 0 Å². The van der Waals surface area contributed by atoms with Gasteiger partial charge in [-0.15, -0.1) is 0 Å². The van der Waals surface area contributed by atoms with E-state index >= 15 is 0 Å². The van der Waals surface area contributed by atoms with Crippen molar-refractivity contribution in [2.45, 2.75) is 57.7 Å². The molecular formula is C33H40N4O6. The Morgan fingerprint density at radius 1 is 0.953 bits per heavy atom. The molecule has 0 aromatic heterocycles. The number of primary amides is 1. The monoisotopic (exact) mass is 588 g/mol. The molecule has 0 radical (unpaired) electrons. The highest BCUT2D eigenvalue weighted by Gasteiger charge is 2.44. The fourth-order valence-corrected chi connectivity index (χ4v) is 5.02. The third-order valence-electron chi connectivity index (χ3n) is 7.26. The number of hydrogen-bond donors (Lipinski definition) is 4. The summed E-state index contributed by atoms with van der Waals surface area (Å²) in [7, 11) is 0. The molecule has 3 atom stereocenters. The third-order valence-corrected chi connectivity index (χ3v) is 7.26. The maximum atomic E-state index is 13.5. The van der Waals surface area contributed by atoms with Gasteiger partial charge in [-0.1, -0.05) is 61.5 Å². The van der Waals surface area contributed by atoms with Gasteiger partial charge in [-0.2, -0.15) is 0 Å². The largest absolute Gasteiger partial charge is 0.494 e. The smallest absolute Gasteiger partial charge is 0.327 e. The van der Waals surface area contributed by atoms with Gasteiger partial charge in [-0.25, -0.2) is 4.79 Å². The molecule has 0 bridgehead atoms. The quantitative estimate of drug-likeness (QED) is 0.267. The first-order chi connectivity index (χ1) is 20.7. The first-order valence-corrected chi connectivity index (χ1v) is 14.4. The first-order valence-electron chi connectivity index (χ1n) is 14.4. The second-order valence-electron chi connectivity index (χ2n) is 10.1. The van der Waals surface area contributed by atoms with Gasteiger partial charge in [-0.3, -0.25) is 14.4 Å². The minimum atomic E-state index is -1.04. The number of carbonyl (C=O) groups excluding carboxylic acids is 3. The van der Waals surface area contributed by atoms with Gasteiger partial charge < -0.3 is 31.5 Å². The van der Waals surface area contributed by atoms with Crippen molar-refractivity contribution in [1.29, 1.82) is 0 Å². The molecule has 10 heteroatoms. The van der Waals surface area contributed by atoms with Crippen LogP contribution in [0.4, 0.5) is 0 Å². The van der Waals surface area contributed by atoms with E-state index in [1.165, 1.54) is 4.90 Å². The Labute approximate surface area is 252 Å². The van der Waals surface area contributed by atoms with E-state index in [1.807, 2.05) is 61.5 Å². The molecular weight excluding hydrogens is 548 g/mol. The fourth-order valence-electron chi connectivity index (χ4n) is 5.02. The normalized spacial score (nSPS) is 16.4. The molecule has 4 rings (SSSR count). The molecule has 0 spiro atoms. The maximum absolute atomic E-state index is 13.5. The number of carboxylic acids is 1. The van der Waals surface area contributed by atoms with E-state index in [0.717, 1.165) is 22.4 Å². The highest BCUT2D eigenvalue weighted by atomic mass is 16.5. The predicted molar refractivity (Wildman–Crippen MR) is 163 cm³/mol. The number of hydrogen-bond acceptors (Lipinski definition) is 6. The molecule has 6 N–H and O–H groups in total. The van der Waals surface area contributed by atoms with E-state index < -0.39 is 24.0 Å². The van der Waals surface area contributed by atoms with Crippen molar-refractivity contribution in [3.63, 3.8) is 0 Å². The molecule has 3 aromatic carbocycles. The molecule has 1 aliphatic heterocycles. The summed E-state index contributed by atoms with van der Waals surface area (Å²) >= 11 is 0. The SMILES string of the molecule is CCOc1ccc(CC(NC(=O)CC)C(=O)N2CC[C@H](c3ccccc3)[C@H]2C(=O)O)cc1.NCc1ccc(C(N)=O)cc1. The van der Waals surface area contributed by atoms with Crippen molar-refractivity contribution in [3.8, 4) is 5.75 Å². The lowest BCUT2D eigenvalue weighted by atomic mass is 9.91. The Kier molecular flexibility index (Phi) is 12.3. The van der Waals surface area contributed by atoms with Gasteiger partial charge in [-0.05, 0) is 54.3 Å². The van der Waals surface area contributed by atoms with Gasteiger partial charge in [0.1, 0.15) is 17.8 Å². The van der Waals surface area contributed by atoms with Crippen molar-refractivity contribution in [2.75, 3.05) is 13.2 Å². The lowest BCUT2D eigenvalue weighted by Gasteiger charge is -2.29. The Morgan fingerprint density at radius 3 is 2.12 bits per heavy atom. The lowest BCUT2D eigenvalue weighted by Crippen LogP contribution is -2.53. The van der Waals surface area contributed by atoms with Gasteiger partial charge in [0, 0.05) is 37.4 Å². The molecule has 1 aliphatic rings. The highest BCUT2D eigenvalue weighted by Crippen LogP contribution is 2.34. The van der Waals surface area contributed by atoms with E-state index in [1.54, 1.807) is 31.2 Å². The summed E-state index contributed by atoms with van der Waals surface area (Å²) in [4.78, 5) is 49.8. The Morgan fingerprint density at radius 2 is 1.58 bits per heavy atom. The van der Waals surface area contributed by atoms with Gasteiger partial charge >= 0.3 is 5.97 Å². The number of carbonyl (C=O) groups is 4. The van der Waals surface area contributed by atoms with Crippen LogP contribution < -0.4 is 21.5 Å². The van der Waals surface area contributed by atoms with Crippen molar-refractivity contribution in [1.82, 2.24) is 10.2 Å². The number of nitrogens with two attached hydrogens (primary N) is 2. The van der Waals surface area contributed by atoms with Crippen LogP contribution in [0.2, 0.25) is 0 Å². The van der Waals surface area contributed by atoms with Crippen LogP contribution in [-0.2, 0) is 27.3 Å². The topological polar surface area (TPSA) is 165 Å². The third kappa shape index (κ3) is 9.14. The number of aliphatic carboxylic acids is 1. The molecule has 228 valence electrons. The molecule has 3 amide bonds. The minimum Gasteiger partial charge on any atom is -0.494 e. The number of rotatable bonds is 11. The minimum absolute atomic E-state index is 0.238. The average Bonchev–Trinajstić information content (AvgIpc) is 3.48. The standard InChI is InChI=1S/C25H30N2O5.C8H10N2O/c1-3-22(28)26-21(16-17-10-12-19(13-11-17)32-4-2)24(29)27-15-14-20(23(27)25(30)31)18-8-6-5-7-9-18;9-5-6-1-3-7(4-2-6)8(10)11/h5-13,20-21,23H,3-4,14-16H2,1-2H3,(H,26,28)(H,30,31);1-4H,5,9H2,(H2,10,11)/t20-,21?,23+;/m1./s1. The highest BCUT2D eigenvalue weighted by molar-refractivity contribution is 5.93. The van der Waals surface area contributed by atoms with Gasteiger partial charge in [0.25, 0.3) is 0 Å². The van der Waals surface area contributed by atoms with Crippen LogP contribution in [0.15, 0.2) is 78.9 Å². The predicted octanol–water partition coefficient (Wildman–Crippen LogP) is 3.24. The van der Waals surface area contributed by atoms with E-state index in [9.17, 15) is 24.3 Å². The Bertz CT molecular complexity index is 1360. The van der Waals surface area contributed by atoms with Crippen molar-refractivity contribution in [2.24, 2.45) is 11.5 Å². The van der Waals surface area contributed by atoms with E-state index in [2.05, 4.69) is 5.32 Å². The number of nitrogens with one attached hydrogen (secondary N) is 1. The van der Waals surface area contributed by atoms with Crippen LogP contribution >= 0.6 is 0 Å². The van der Waals surface area contributed by atoms with Crippen LogP contribution in [0, 0.1) is 0 Å². The zero-order valence-electron chi connectivity index (χ0n) is 24.6. The Balaban J connectivity index is 0.000000386. The first kappa shape index (κ1) is 32.8. The van der Waals surface area contributed by atoms with Crippen LogP contribution in [0.25, 0.3) is 0 Å². The summed E-state index contributed by atoms with van der Waals surface area (Å²) in [6.45, 7) is 4.99. The second-order valence-corrected chi connectivity index (χ2v) is 10.1. The molecule has 1 saturated heterocycles. The lowest BCUT2D eigenvalue weighted by molar-refractivity contribution is -0.149. The Hall–Kier alpha value is -4.70. The summed E-state index contributed by atoms with van der Waals surface area (Å²) in [5.74, 6) is -1.62. The summed E-state index contributed by atoms with van der Waals surface area (Å²) in [6, 6.07) is 21.9. The molecule has 1 unspecified atom stereocenters. The van der Waals surface area contributed by atoms with Crippen LogP contribution in [-0.4, -0.2) is 58.9 Å². The van der Waals surface area contributed by atoms with Crippen molar-refractivity contribution < 1.29 is 29.0 Å². The fraction of sp³-hybridized carbons (Fsp3) is 0.333. The number of ether oxygens (including phenoxy) is 1. The molecule has 0 aliphatic carbocycles. The van der Waals surface area contributed by atoms with E-state index in [4.69, 9.17) is 16.2 Å². The average molecular weight is 589 g/mol. The van der Waals surface area contributed by atoms with Crippen molar-refractivity contribution >= 4 is 23.7 Å². The summed E-state index contributed by atoms with van der Waals surface area (Å²) in [5.41, 5.74) is 13.7. The molecule has 1 heterocycles. The van der Waals surface area contributed by atoms with Gasteiger partial charge in [0.15, 0.2) is 0 Å². The molecule has 0 saturated carbocycles. The number of nitrogens with zero attached hydrogens (tertiary/aromatic N) is 1. The second kappa shape index (κ2) is 16.1. The number of carboxylic acid groups (broad SMARTS) is 1. The molecule has 3 aromatic rings. The summed E-state index contributed by atoms with van der Waals surface area (Å²) in [5, 5.41) is 12.7. The number of amides is 3. The molecule has 10 nitrogen and oxygen atoms in total. The summed E-state index contributed by atoms with van der Waals surface area (Å²) < 4.78 is 5.46. The van der Waals surface area contributed by atoms with Crippen LogP contribution in [0.1, 0.15) is 59.7 Å². The molecule has 1 fully saturated rings. The van der Waals surface area contributed by atoms with Gasteiger partial charge in [0.05, 0.1) is 6.61 Å². The number of benzene rings is 3. The maximum Gasteiger partial charge on any atom is 0.327 e. The summed E-state index contributed by atoms with van der Waals surface area (Å²) in [6.07, 6.45) is 1.07. The zero-order valence-corrected chi connectivity index (χ0v) is 24.6. The van der Waals surface area contributed by atoms with Crippen LogP contribution in [0.5, 0.6) is 5.75 Å². The van der Waals surface area contributed by atoms with Gasteiger partial charge in [0.2, 0.25) is 17.7 Å². The van der Waals surface area contributed by atoms with E-state index in [-0.39, 0.29) is 30.6 Å². The number of likely N-dealkylation sites (tertiary alicyclic amines) is 1. The zero-order chi connectivity index (χ0) is 31.4. The molecule has 43 heavy (non-hydrogen) atoms. The van der Waals surface area contributed by atoms with E-state index in [0.29, 0.717) is 31.7 Å².